The summed E-state index contributed by atoms with van der Waals surface area (Å²) in [5.41, 5.74) is 0. The van der Waals surface area contributed by atoms with Gasteiger partial charge in [-0.05, 0) is 6.42 Å². The molecule has 0 aliphatic carbocycles. The summed E-state index contributed by atoms with van der Waals surface area (Å²) in [7, 11) is 0. The van der Waals surface area contributed by atoms with Crippen molar-refractivity contribution in [2.75, 3.05) is 0 Å². The molecule has 1 rings (SSSR count). The van der Waals surface area contributed by atoms with E-state index in [0.29, 0.717) is 0 Å². The monoisotopic (exact) mass is 112 g/mol. The summed E-state index contributed by atoms with van der Waals surface area (Å²) in [5.74, 6) is 0.729. The Balaban J connectivity index is 2.50. The third-order valence-electron chi connectivity index (χ3n) is 0.869. The smallest absolute Gasteiger partial charge is 0.216 e. The highest BCUT2D eigenvalue weighted by atomic mass is 16.4. The first-order chi connectivity index (χ1) is 3.93. The summed E-state index contributed by atoms with van der Waals surface area (Å²) in [6.07, 6.45) is 3.30. The predicted octanol–water partition coefficient (Wildman–Crippen LogP) is 1.02. The van der Waals surface area contributed by atoms with Crippen LogP contribution in [0, 0.1) is 0 Å². The predicted molar refractivity (Wildman–Crippen MR) is 28.3 cm³/mol. The molecule has 0 saturated carbocycles. The fourth-order valence-electron chi connectivity index (χ4n) is 0.519. The van der Waals surface area contributed by atoms with Crippen molar-refractivity contribution >= 4 is 0 Å². The topological polar surface area (TPSA) is 38.9 Å². The molecule has 0 aromatic carbocycles. The van der Waals surface area contributed by atoms with E-state index < -0.39 is 0 Å². The number of aryl methyl sites for hydroxylation is 1. The Morgan fingerprint density at radius 2 is 2.62 bits per heavy atom. The lowest BCUT2D eigenvalue weighted by Crippen LogP contribution is -1.80. The zero-order valence-electron chi connectivity index (χ0n) is 4.79. The summed E-state index contributed by atoms with van der Waals surface area (Å²) in [4.78, 5) is 0. The van der Waals surface area contributed by atoms with E-state index in [1.807, 2.05) is 0 Å². The third kappa shape index (κ3) is 1.05. The lowest BCUT2D eigenvalue weighted by molar-refractivity contribution is 0.490. The van der Waals surface area contributed by atoms with Crippen molar-refractivity contribution in [3.8, 4) is 0 Å². The molecule has 3 heteroatoms. The highest BCUT2D eigenvalue weighted by Crippen LogP contribution is 1.94. The van der Waals surface area contributed by atoms with E-state index in [1.165, 1.54) is 6.39 Å². The zero-order valence-corrected chi connectivity index (χ0v) is 4.79. The molecule has 0 bridgehead atoms. The standard InChI is InChI=1S/C5H8N2O/c1-2-3-5-7-6-4-8-5/h4H,2-3H2,1H3. The first-order valence-corrected chi connectivity index (χ1v) is 2.68. The van der Waals surface area contributed by atoms with Crippen molar-refractivity contribution in [1.82, 2.24) is 10.2 Å². The summed E-state index contributed by atoms with van der Waals surface area (Å²) >= 11 is 0. The molecule has 8 heavy (non-hydrogen) atoms. The molecule has 0 aliphatic rings. The summed E-state index contributed by atoms with van der Waals surface area (Å²) in [5, 5.41) is 7.21. The normalized spacial score (nSPS) is 9.62. The number of hydrogen-bond acceptors (Lipinski definition) is 3. The Morgan fingerprint density at radius 1 is 1.75 bits per heavy atom. The van der Waals surface area contributed by atoms with Crippen molar-refractivity contribution < 1.29 is 4.42 Å². The molecular weight excluding hydrogens is 104 g/mol. The van der Waals surface area contributed by atoms with E-state index in [1.54, 1.807) is 0 Å². The summed E-state index contributed by atoms with van der Waals surface area (Å²) in [6.45, 7) is 2.07. The Bertz CT molecular complexity index is 136. The molecule has 44 valence electrons. The van der Waals surface area contributed by atoms with Crippen LogP contribution in [0.3, 0.4) is 0 Å². The van der Waals surface area contributed by atoms with Crippen LogP contribution in [0.4, 0.5) is 0 Å². The lowest BCUT2D eigenvalue weighted by Gasteiger charge is -1.82. The van der Waals surface area contributed by atoms with E-state index in [4.69, 9.17) is 4.42 Å². The van der Waals surface area contributed by atoms with Crippen LogP contribution in [-0.2, 0) is 6.42 Å². The average molecular weight is 112 g/mol. The van der Waals surface area contributed by atoms with Crippen molar-refractivity contribution in [2.24, 2.45) is 0 Å². The van der Waals surface area contributed by atoms with Gasteiger partial charge < -0.3 is 4.42 Å². The minimum atomic E-state index is 0.729. The van der Waals surface area contributed by atoms with Gasteiger partial charge in [0.2, 0.25) is 12.3 Å². The minimum Gasteiger partial charge on any atom is -0.428 e. The maximum absolute atomic E-state index is 4.85. The molecule has 0 saturated heterocycles. The Morgan fingerprint density at radius 3 is 3.12 bits per heavy atom. The second-order valence-corrected chi connectivity index (χ2v) is 1.58. The van der Waals surface area contributed by atoms with Gasteiger partial charge in [-0.1, -0.05) is 6.92 Å². The minimum absolute atomic E-state index is 0.729. The third-order valence-corrected chi connectivity index (χ3v) is 0.869. The first-order valence-electron chi connectivity index (χ1n) is 2.68. The van der Waals surface area contributed by atoms with Crippen LogP contribution in [0.25, 0.3) is 0 Å². The number of hydrogen-bond donors (Lipinski definition) is 0. The highest BCUT2D eigenvalue weighted by Gasteiger charge is 1.92. The molecule has 0 fully saturated rings. The molecule has 0 unspecified atom stereocenters. The van der Waals surface area contributed by atoms with Gasteiger partial charge in [0, 0.05) is 6.42 Å². The zero-order chi connectivity index (χ0) is 5.82. The van der Waals surface area contributed by atoms with Gasteiger partial charge >= 0.3 is 0 Å². The second kappa shape index (κ2) is 2.45. The second-order valence-electron chi connectivity index (χ2n) is 1.58. The van der Waals surface area contributed by atoms with Crippen LogP contribution in [0.2, 0.25) is 0 Å². The van der Waals surface area contributed by atoms with Gasteiger partial charge in [0.25, 0.3) is 0 Å². The van der Waals surface area contributed by atoms with Gasteiger partial charge in [-0.25, -0.2) is 0 Å². The Hall–Kier alpha value is -0.860. The number of nitrogens with zero attached hydrogens (tertiary/aromatic N) is 2. The van der Waals surface area contributed by atoms with Crippen LogP contribution in [0.15, 0.2) is 10.8 Å². The molecule has 0 amide bonds. The van der Waals surface area contributed by atoms with Gasteiger partial charge in [-0.2, -0.15) is 0 Å². The van der Waals surface area contributed by atoms with E-state index in [2.05, 4.69) is 17.1 Å². The molecule has 1 heterocycles. The molecule has 0 N–H and O–H groups in total. The molecule has 1 aromatic heterocycles. The van der Waals surface area contributed by atoms with Crippen LogP contribution in [-0.4, -0.2) is 10.2 Å². The van der Waals surface area contributed by atoms with Crippen molar-refractivity contribution in [3.05, 3.63) is 12.3 Å². The van der Waals surface area contributed by atoms with Crippen LogP contribution in [0.1, 0.15) is 19.2 Å². The van der Waals surface area contributed by atoms with E-state index >= 15 is 0 Å². The van der Waals surface area contributed by atoms with Gasteiger partial charge in [0.05, 0.1) is 0 Å². The fourth-order valence-corrected chi connectivity index (χ4v) is 0.519. The van der Waals surface area contributed by atoms with Crippen molar-refractivity contribution in [3.63, 3.8) is 0 Å². The van der Waals surface area contributed by atoms with Crippen LogP contribution in [0.5, 0.6) is 0 Å². The van der Waals surface area contributed by atoms with Gasteiger partial charge in [0.15, 0.2) is 0 Å². The maximum Gasteiger partial charge on any atom is 0.216 e. The Kier molecular flexibility index (Phi) is 1.62. The molecule has 0 radical (unpaired) electrons. The first kappa shape index (κ1) is 5.28. The van der Waals surface area contributed by atoms with E-state index in [0.717, 1.165) is 18.7 Å². The summed E-state index contributed by atoms with van der Waals surface area (Å²) < 4.78 is 4.85. The number of aromatic nitrogens is 2. The average Bonchev–Trinajstić information content (AvgIpc) is 2.19. The molecule has 0 spiro atoms. The van der Waals surface area contributed by atoms with Crippen LogP contribution < -0.4 is 0 Å². The van der Waals surface area contributed by atoms with Gasteiger partial charge in [-0.3, -0.25) is 0 Å². The molecule has 0 aliphatic heterocycles. The molecule has 3 nitrogen and oxygen atoms in total. The SMILES string of the molecule is CCCc1nnco1. The quantitative estimate of drug-likeness (QED) is 0.573. The largest absolute Gasteiger partial charge is 0.428 e. The molecule has 1 aromatic rings. The van der Waals surface area contributed by atoms with E-state index in [-0.39, 0.29) is 0 Å². The lowest BCUT2D eigenvalue weighted by atomic mass is 10.3. The van der Waals surface area contributed by atoms with Gasteiger partial charge in [-0.15, -0.1) is 10.2 Å². The number of rotatable bonds is 2. The van der Waals surface area contributed by atoms with Crippen molar-refractivity contribution in [1.29, 1.82) is 0 Å². The van der Waals surface area contributed by atoms with Crippen LogP contribution >= 0.6 is 0 Å². The fraction of sp³-hybridized carbons (Fsp3) is 0.600. The van der Waals surface area contributed by atoms with Crippen molar-refractivity contribution in [2.45, 2.75) is 19.8 Å². The van der Waals surface area contributed by atoms with Gasteiger partial charge in [0.1, 0.15) is 0 Å². The molecule has 0 atom stereocenters. The molecular formula is C5H8N2O. The van der Waals surface area contributed by atoms with E-state index in [9.17, 15) is 0 Å². The summed E-state index contributed by atoms with van der Waals surface area (Å²) in [6, 6.07) is 0. The maximum atomic E-state index is 4.85. The Labute approximate surface area is 47.7 Å². The highest BCUT2D eigenvalue weighted by molar-refractivity contribution is 4.70.